The number of halogens is 2. The second-order valence-electron chi connectivity index (χ2n) is 5.30. The Bertz CT molecular complexity index is 969. The summed E-state index contributed by atoms with van der Waals surface area (Å²) in [6.45, 7) is 0. The predicted octanol–water partition coefficient (Wildman–Crippen LogP) is 4.62. The van der Waals surface area contributed by atoms with Gasteiger partial charge in [-0.25, -0.2) is 0 Å². The van der Waals surface area contributed by atoms with Crippen molar-refractivity contribution in [3.8, 4) is 17.1 Å². The average molecular weight is 391 g/mol. The van der Waals surface area contributed by atoms with E-state index in [2.05, 4.69) is 10.2 Å². The number of methoxy groups -OCH3 is 1. The van der Waals surface area contributed by atoms with Crippen molar-refractivity contribution in [2.45, 2.75) is 5.16 Å². The van der Waals surface area contributed by atoms with E-state index >= 15 is 0 Å². The highest BCUT2D eigenvalue weighted by Crippen LogP contribution is 2.34. The number of rotatable bonds is 3. The highest BCUT2D eigenvalue weighted by atomic mass is 35.5. The molecule has 0 saturated heterocycles. The van der Waals surface area contributed by atoms with Crippen molar-refractivity contribution < 1.29 is 4.74 Å². The average Bonchev–Trinajstić information content (AvgIpc) is 3.05. The number of ether oxygens (including phenoxy) is 1. The van der Waals surface area contributed by atoms with Gasteiger partial charge in [-0.2, -0.15) is 9.78 Å². The smallest absolute Gasteiger partial charge is 0.212 e. The Kier molecular flexibility index (Phi) is 4.41. The number of thioether (sulfide) groups is 1. The largest absolute Gasteiger partial charge is 0.496 e. The lowest BCUT2D eigenvalue weighted by Gasteiger charge is -2.15. The molecule has 1 aliphatic rings. The Hall–Kier alpha value is -2.02. The molecular formula is C17H12Cl2N4OS. The molecule has 0 aliphatic carbocycles. The molecule has 25 heavy (non-hydrogen) atoms. The first-order chi connectivity index (χ1) is 12.2. The molecule has 2 aromatic carbocycles. The first-order valence-electron chi connectivity index (χ1n) is 7.41. The standard InChI is InChI=1S/C17H12Cl2N4OS/c1-24-15-7-6-12(19)8-13(15)16-20-21-17-23(16)22-14(9-25-17)10-2-4-11(18)5-3-10/h2-8H,9H2,1H3. The number of aromatic nitrogens is 3. The molecule has 0 fully saturated rings. The molecule has 0 unspecified atom stereocenters. The van der Waals surface area contributed by atoms with Crippen molar-refractivity contribution in [3.63, 3.8) is 0 Å². The van der Waals surface area contributed by atoms with E-state index in [9.17, 15) is 0 Å². The van der Waals surface area contributed by atoms with Crippen LogP contribution >= 0.6 is 35.0 Å². The molecule has 8 heteroatoms. The summed E-state index contributed by atoms with van der Waals surface area (Å²) in [6, 6.07) is 13.0. The van der Waals surface area contributed by atoms with E-state index < -0.39 is 0 Å². The molecule has 2 heterocycles. The number of benzene rings is 2. The van der Waals surface area contributed by atoms with Crippen molar-refractivity contribution in [3.05, 3.63) is 58.1 Å². The second-order valence-corrected chi connectivity index (χ2v) is 7.12. The Labute approximate surface area is 158 Å². The van der Waals surface area contributed by atoms with E-state index in [-0.39, 0.29) is 0 Å². The van der Waals surface area contributed by atoms with Gasteiger partial charge in [-0.3, -0.25) is 0 Å². The van der Waals surface area contributed by atoms with E-state index in [0.29, 0.717) is 27.4 Å². The molecule has 3 aromatic rings. The third-order valence-corrected chi connectivity index (χ3v) is 5.17. The van der Waals surface area contributed by atoms with Crippen LogP contribution in [0.25, 0.3) is 11.4 Å². The Balaban J connectivity index is 1.82. The van der Waals surface area contributed by atoms with Gasteiger partial charge in [0.25, 0.3) is 0 Å². The molecule has 0 atom stereocenters. The van der Waals surface area contributed by atoms with Gasteiger partial charge in [0.1, 0.15) is 5.75 Å². The fourth-order valence-corrected chi connectivity index (χ4v) is 3.67. The zero-order valence-electron chi connectivity index (χ0n) is 13.1. The maximum Gasteiger partial charge on any atom is 0.212 e. The summed E-state index contributed by atoms with van der Waals surface area (Å²) in [4.78, 5) is 0. The predicted molar refractivity (Wildman–Crippen MR) is 101 cm³/mol. The monoisotopic (exact) mass is 390 g/mol. The lowest BCUT2D eigenvalue weighted by atomic mass is 10.1. The summed E-state index contributed by atoms with van der Waals surface area (Å²) in [5.41, 5.74) is 2.69. The summed E-state index contributed by atoms with van der Waals surface area (Å²) in [5, 5.41) is 15.3. The lowest BCUT2D eigenvalue weighted by Crippen LogP contribution is -2.13. The molecule has 0 bridgehead atoms. The van der Waals surface area contributed by atoms with Crippen LogP contribution in [0.15, 0.2) is 52.7 Å². The van der Waals surface area contributed by atoms with E-state index in [1.54, 1.807) is 41.7 Å². The van der Waals surface area contributed by atoms with Gasteiger partial charge in [-0.05, 0) is 35.9 Å². The number of fused-ring (bicyclic) bond motifs is 1. The van der Waals surface area contributed by atoms with Crippen LogP contribution in [-0.4, -0.2) is 33.4 Å². The molecule has 5 nitrogen and oxygen atoms in total. The van der Waals surface area contributed by atoms with Crippen LogP contribution in [0, 0.1) is 0 Å². The maximum absolute atomic E-state index is 6.15. The minimum Gasteiger partial charge on any atom is -0.496 e. The van der Waals surface area contributed by atoms with Crippen molar-refractivity contribution >= 4 is 40.7 Å². The van der Waals surface area contributed by atoms with Crippen molar-refractivity contribution in [2.24, 2.45) is 5.10 Å². The quantitative estimate of drug-likeness (QED) is 0.654. The first kappa shape index (κ1) is 16.4. The van der Waals surface area contributed by atoms with Crippen molar-refractivity contribution in [1.29, 1.82) is 0 Å². The molecule has 126 valence electrons. The minimum atomic E-state index is 0.591. The van der Waals surface area contributed by atoms with Crippen LogP contribution in [-0.2, 0) is 0 Å². The van der Waals surface area contributed by atoms with E-state index in [1.807, 2.05) is 24.3 Å². The summed E-state index contributed by atoms with van der Waals surface area (Å²) in [5.74, 6) is 1.97. The normalized spacial score (nSPS) is 13.3. The van der Waals surface area contributed by atoms with Gasteiger partial charge in [0.2, 0.25) is 5.16 Å². The highest BCUT2D eigenvalue weighted by Gasteiger charge is 2.22. The van der Waals surface area contributed by atoms with Gasteiger partial charge in [-0.15, -0.1) is 10.2 Å². The minimum absolute atomic E-state index is 0.591. The van der Waals surface area contributed by atoms with Gasteiger partial charge in [-0.1, -0.05) is 47.1 Å². The molecule has 0 amide bonds. The molecular weight excluding hydrogens is 379 g/mol. The molecule has 0 saturated carbocycles. The third-order valence-electron chi connectivity index (χ3n) is 3.75. The Morgan fingerprint density at radius 2 is 1.80 bits per heavy atom. The third kappa shape index (κ3) is 3.13. The van der Waals surface area contributed by atoms with Crippen LogP contribution in [0.2, 0.25) is 10.0 Å². The SMILES string of the molecule is COc1ccc(Cl)cc1-c1nnc2n1N=C(c1ccc(Cl)cc1)CS2. The molecule has 1 aromatic heterocycles. The Morgan fingerprint density at radius 1 is 1.04 bits per heavy atom. The number of hydrogen-bond donors (Lipinski definition) is 0. The zero-order chi connectivity index (χ0) is 17.4. The van der Waals surface area contributed by atoms with Crippen molar-refractivity contribution in [2.75, 3.05) is 12.9 Å². The Morgan fingerprint density at radius 3 is 2.56 bits per heavy atom. The molecule has 4 rings (SSSR count). The van der Waals surface area contributed by atoms with Crippen LogP contribution in [0.1, 0.15) is 5.56 Å². The molecule has 0 spiro atoms. The van der Waals surface area contributed by atoms with E-state index in [1.165, 1.54) is 0 Å². The van der Waals surface area contributed by atoms with Gasteiger partial charge >= 0.3 is 0 Å². The van der Waals surface area contributed by atoms with E-state index in [0.717, 1.165) is 22.0 Å². The van der Waals surface area contributed by atoms with Gasteiger partial charge in [0, 0.05) is 15.8 Å². The van der Waals surface area contributed by atoms with Crippen molar-refractivity contribution in [1.82, 2.24) is 14.9 Å². The second kappa shape index (κ2) is 6.71. The molecule has 0 radical (unpaired) electrons. The van der Waals surface area contributed by atoms with Gasteiger partial charge in [0.15, 0.2) is 5.82 Å². The van der Waals surface area contributed by atoms with Gasteiger partial charge in [0.05, 0.1) is 18.4 Å². The van der Waals surface area contributed by atoms with Crippen LogP contribution in [0.5, 0.6) is 5.75 Å². The summed E-state index contributed by atoms with van der Waals surface area (Å²) in [7, 11) is 1.61. The first-order valence-corrected chi connectivity index (χ1v) is 9.16. The van der Waals surface area contributed by atoms with Crippen LogP contribution < -0.4 is 4.74 Å². The zero-order valence-corrected chi connectivity index (χ0v) is 15.4. The maximum atomic E-state index is 6.15. The fourth-order valence-electron chi connectivity index (χ4n) is 2.53. The number of nitrogens with zero attached hydrogens (tertiary/aromatic N) is 4. The summed E-state index contributed by atoms with van der Waals surface area (Å²) < 4.78 is 7.16. The molecule has 1 aliphatic heterocycles. The molecule has 0 N–H and O–H groups in total. The topological polar surface area (TPSA) is 52.3 Å². The fraction of sp³-hybridized carbons (Fsp3) is 0.118. The number of hydrogen-bond acceptors (Lipinski definition) is 5. The van der Waals surface area contributed by atoms with E-state index in [4.69, 9.17) is 33.0 Å². The highest BCUT2D eigenvalue weighted by molar-refractivity contribution is 7.99. The summed E-state index contributed by atoms with van der Waals surface area (Å²) >= 11 is 13.7. The van der Waals surface area contributed by atoms with Crippen LogP contribution in [0.4, 0.5) is 0 Å². The summed E-state index contributed by atoms with van der Waals surface area (Å²) in [6.07, 6.45) is 0. The van der Waals surface area contributed by atoms with Crippen LogP contribution in [0.3, 0.4) is 0 Å². The van der Waals surface area contributed by atoms with Gasteiger partial charge < -0.3 is 4.74 Å². The lowest BCUT2D eigenvalue weighted by molar-refractivity contribution is 0.416.